The van der Waals surface area contributed by atoms with E-state index in [0.29, 0.717) is 19.6 Å². The molecular weight excluding hydrogens is 303 g/mol. The van der Waals surface area contributed by atoms with Gasteiger partial charge in [-0.3, -0.25) is 0 Å². The number of benzene rings is 1. The molecule has 2 heterocycles. The fourth-order valence-corrected chi connectivity index (χ4v) is 5.38. The van der Waals surface area contributed by atoms with Crippen molar-refractivity contribution in [2.75, 3.05) is 19.6 Å². The van der Waals surface area contributed by atoms with Crippen LogP contribution in [0.1, 0.15) is 50.1 Å². The molecule has 2 fully saturated rings. The second kappa shape index (κ2) is 6.64. The molecule has 22 heavy (non-hydrogen) atoms. The molecule has 0 N–H and O–H groups in total. The van der Waals surface area contributed by atoms with Gasteiger partial charge in [0, 0.05) is 19.6 Å². The zero-order valence-corrected chi connectivity index (χ0v) is 13.6. The minimum absolute atomic E-state index is 0.158. The summed E-state index contributed by atoms with van der Waals surface area (Å²) in [7, 11) is -3.42. The van der Waals surface area contributed by atoms with Crippen LogP contribution >= 0.6 is 0 Å². The van der Waals surface area contributed by atoms with Gasteiger partial charge < -0.3 is 0 Å². The standard InChI is InChI=1S/C16H23FN2O2S/c17-15-9-7-14(8-10-15)16-6-5-13-19(16)22(20,21)18-11-3-1-2-4-12-18/h7-10,16H,1-6,11-13H2. The molecule has 2 saturated heterocycles. The highest BCUT2D eigenvalue weighted by Gasteiger charge is 2.38. The van der Waals surface area contributed by atoms with Crippen molar-refractivity contribution in [1.82, 2.24) is 8.61 Å². The lowest BCUT2D eigenvalue weighted by Gasteiger charge is -2.30. The first-order valence-electron chi connectivity index (χ1n) is 8.11. The molecule has 3 rings (SSSR count). The summed E-state index contributed by atoms with van der Waals surface area (Å²) in [4.78, 5) is 0. The molecule has 1 aromatic carbocycles. The monoisotopic (exact) mass is 326 g/mol. The van der Waals surface area contributed by atoms with Gasteiger partial charge in [-0.15, -0.1) is 0 Å². The zero-order chi connectivity index (χ0) is 15.6. The summed E-state index contributed by atoms with van der Waals surface area (Å²) in [6.45, 7) is 1.80. The minimum Gasteiger partial charge on any atom is -0.207 e. The van der Waals surface area contributed by atoms with E-state index in [1.54, 1.807) is 20.7 Å². The van der Waals surface area contributed by atoms with Crippen LogP contribution in [-0.2, 0) is 10.2 Å². The second-order valence-electron chi connectivity index (χ2n) is 6.14. The van der Waals surface area contributed by atoms with Crippen molar-refractivity contribution in [2.45, 2.75) is 44.6 Å². The Morgan fingerprint density at radius 2 is 1.55 bits per heavy atom. The maximum atomic E-state index is 13.1. The summed E-state index contributed by atoms with van der Waals surface area (Å²) in [5.41, 5.74) is 0.886. The van der Waals surface area contributed by atoms with Gasteiger partial charge in [0.15, 0.2) is 0 Å². The third-order valence-electron chi connectivity index (χ3n) is 4.65. The van der Waals surface area contributed by atoms with E-state index >= 15 is 0 Å². The van der Waals surface area contributed by atoms with Crippen LogP contribution in [0, 0.1) is 5.82 Å². The first-order chi connectivity index (χ1) is 10.6. The number of nitrogens with zero attached hydrogens (tertiary/aromatic N) is 2. The number of hydrogen-bond acceptors (Lipinski definition) is 2. The first kappa shape index (κ1) is 15.9. The van der Waals surface area contributed by atoms with Gasteiger partial charge >= 0.3 is 0 Å². The third-order valence-corrected chi connectivity index (χ3v) is 6.69. The fraction of sp³-hybridized carbons (Fsp3) is 0.625. The van der Waals surface area contributed by atoms with Crippen molar-refractivity contribution in [3.05, 3.63) is 35.6 Å². The summed E-state index contributed by atoms with van der Waals surface area (Å²) in [6.07, 6.45) is 5.75. The molecule has 0 amide bonds. The van der Waals surface area contributed by atoms with Gasteiger partial charge in [0.25, 0.3) is 10.2 Å². The van der Waals surface area contributed by atoms with Crippen LogP contribution in [-0.4, -0.2) is 36.7 Å². The molecular formula is C16H23FN2O2S. The van der Waals surface area contributed by atoms with Crippen molar-refractivity contribution < 1.29 is 12.8 Å². The van der Waals surface area contributed by atoms with E-state index in [0.717, 1.165) is 44.1 Å². The Kier molecular flexibility index (Phi) is 4.80. The molecule has 122 valence electrons. The van der Waals surface area contributed by atoms with E-state index in [4.69, 9.17) is 0 Å². The topological polar surface area (TPSA) is 40.6 Å². The molecule has 0 aromatic heterocycles. The Balaban J connectivity index is 1.83. The summed E-state index contributed by atoms with van der Waals surface area (Å²) in [5.74, 6) is -0.288. The van der Waals surface area contributed by atoms with Crippen molar-refractivity contribution >= 4 is 10.2 Å². The Labute approximate surface area is 132 Å². The number of rotatable bonds is 3. The van der Waals surface area contributed by atoms with Crippen LogP contribution < -0.4 is 0 Å². The number of halogens is 1. The Bertz CT molecular complexity index is 595. The van der Waals surface area contributed by atoms with Gasteiger partial charge in [0.2, 0.25) is 0 Å². The normalized spacial score (nSPS) is 25.2. The Hall–Kier alpha value is -0.980. The molecule has 2 aliphatic heterocycles. The van der Waals surface area contributed by atoms with Gasteiger partial charge in [-0.25, -0.2) is 4.39 Å². The van der Waals surface area contributed by atoms with Crippen LogP contribution in [0.3, 0.4) is 0 Å². The van der Waals surface area contributed by atoms with Crippen LogP contribution in [0.15, 0.2) is 24.3 Å². The van der Waals surface area contributed by atoms with Crippen LogP contribution in [0.2, 0.25) is 0 Å². The molecule has 1 unspecified atom stereocenters. The smallest absolute Gasteiger partial charge is 0.207 e. The maximum Gasteiger partial charge on any atom is 0.282 e. The van der Waals surface area contributed by atoms with Gasteiger partial charge in [0.05, 0.1) is 6.04 Å². The fourth-order valence-electron chi connectivity index (χ4n) is 3.46. The van der Waals surface area contributed by atoms with Crippen molar-refractivity contribution in [2.24, 2.45) is 0 Å². The summed E-state index contributed by atoms with van der Waals surface area (Å²) in [5, 5.41) is 0. The van der Waals surface area contributed by atoms with Crippen LogP contribution in [0.5, 0.6) is 0 Å². The van der Waals surface area contributed by atoms with Crippen LogP contribution in [0.25, 0.3) is 0 Å². The van der Waals surface area contributed by atoms with E-state index in [9.17, 15) is 12.8 Å². The average Bonchev–Trinajstić information content (AvgIpc) is 2.83. The summed E-state index contributed by atoms with van der Waals surface area (Å²) < 4.78 is 42.3. The molecule has 6 heteroatoms. The molecule has 0 spiro atoms. The lowest BCUT2D eigenvalue weighted by atomic mass is 10.1. The first-order valence-corrected chi connectivity index (χ1v) is 9.51. The van der Waals surface area contributed by atoms with E-state index in [1.165, 1.54) is 12.1 Å². The molecule has 1 atom stereocenters. The van der Waals surface area contributed by atoms with E-state index in [1.807, 2.05) is 0 Å². The van der Waals surface area contributed by atoms with Gasteiger partial charge in [-0.2, -0.15) is 17.0 Å². The highest BCUT2D eigenvalue weighted by atomic mass is 32.2. The molecule has 2 aliphatic rings. The zero-order valence-electron chi connectivity index (χ0n) is 12.7. The third kappa shape index (κ3) is 3.19. The quantitative estimate of drug-likeness (QED) is 0.856. The van der Waals surface area contributed by atoms with Crippen molar-refractivity contribution in [3.8, 4) is 0 Å². The van der Waals surface area contributed by atoms with Gasteiger partial charge in [-0.1, -0.05) is 25.0 Å². The largest absolute Gasteiger partial charge is 0.282 e. The molecule has 0 bridgehead atoms. The summed E-state index contributed by atoms with van der Waals surface area (Å²) >= 11 is 0. The minimum atomic E-state index is -3.42. The molecule has 4 nitrogen and oxygen atoms in total. The second-order valence-corrected chi connectivity index (χ2v) is 8.02. The van der Waals surface area contributed by atoms with E-state index < -0.39 is 10.2 Å². The molecule has 0 radical (unpaired) electrons. The Morgan fingerprint density at radius 3 is 2.18 bits per heavy atom. The maximum absolute atomic E-state index is 13.1. The van der Waals surface area contributed by atoms with Gasteiger partial charge in [0.1, 0.15) is 5.82 Å². The van der Waals surface area contributed by atoms with Crippen molar-refractivity contribution in [3.63, 3.8) is 0 Å². The lowest BCUT2D eigenvalue weighted by molar-refractivity contribution is 0.330. The highest BCUT2D eigenvalue weighted by Crippen LogP contribution is 2.35. The lowest BCUT2D eigenvalue weighted by Crippen LogP contribution is -2.43. The Morgan fingerprint density at radius 1 is 0.909 bits per heavy atom. The average molecular weight is 326 g/mol. The van der Waals surface area contributed by atoms with E-state index in [-0.39, 0.29) is 11.9 Å². The number of hydrogen-bond donors (Lipinski definition) is 0. The van der Waals surface area contributed by atoms with Gasteiger partial charge in [-0.05, 0) is 43.4 Å². The molecule has 1 aromatic rings. The SMILES string of the molecule is O=S(=O)(N1CCCCCC1)N1CCCC1c1ccc(F)cc1. The predicted octanol–water partition coefficient (Wildman–Crippen LogP) is 3.08. The predicted molar refractivity (Wildman–Crippen MR) is 84.0 cm³/mol. The van der Waals surface area contributed by atoms with Crippen LogP contribution in [0.4, 0.5) is 4.39 Å². The van der Waals surface area contributed by atoms with Crippen molar-refractivity contribution in [1.29, 1.82) is 0 Å². The molecule has 0 aliphatic carbocycles. The highest BCUT2D eigenvalue weighted by molar-refractivity contribution is 7.86. The summed E-state index contributed by atoms with van der Waals surface area (Å²) in [6, 6.07) is 6.07. The molecule has 0 saturated carbocycles. The van der Waals surface area contributed by atoms with E-state index in [2.05, 4.69) is 0 Å².